The maximum atomic E-state index is 12.1. The third-order valence-electron chi connectivity index (χ3n) is 3.13. The van der Waals surface area contributed by atoms with Crippen molar-refractivity contribution in [2.45, 2.75) is 0 Å². The summed E-state index contributed by atoms with van der Waals surface area (Å²) in [4.78, 5) is 35.6. The van der Waals surface area contributed by atoms with E-state index in [9.17, 15) is 14.4 Å². The molecule has 0 fully saturated rings. The van der Waals surface area contributed by atoms with Crippen LogP contribution in [0.3, 0.4) is 0 Å². The van der Waals surface area contributed by atoms with Crippen LogP contribution in [0.25, 0.3) is 11.3 Å². The third-order valence-corrected chi connectivity index (χ3v) is 3.13. The number of nitrogens with zero attached hydrogens (tertiary/aromatic N) is 1. The molecule has 0 bridgehead atoms. The van der Waals surface area contributed by atoms with Crippen LogP contribution >= 0.6 is 0 Å². The first-order chi connectivity index (χ1) is 9.13. The molecule has 2 amide bonds. The van der Waals surface area contributed by atoms with Gasteiger partial charge in [-0.15, -0.1) is 0 Å². The lowest BCUT2D eigenvalue weighted by molar-refractivity contribution is 0.0693. The number of furan rings is 1. The topological polar surface area (TPSA) is 67.6 Å². The van der Waals surface area contributed by atoms with E-state index in [4.69, 9.17) is 4.42 Å². The molecule has 0 unspecified atom stereocenters. The van der Waals surface area contributed by atoms with Gasteiger partial charge >= 0.3 is 0 Å². The van der Waals surface area contributed by atoms with Crippen molar-refractivity contribution in [3.05, 3.63) is 47.2 Å². The van der Waals surface area contributed by atoms with Crippen LogP contribution in [0.4, 0.5) is 0 Å². The minimum Gasteiger partial charge on any atom is -0.453 e. The molecule has 2 aromatic rings. The molecule has 94 valence electrons. The van der Waals surface area contributed by atoms with Crippen molar-refractivity contribution in [1.82, 2.24) is 4.90 Å². The minimum absolute atomic E-state index is 0.178. The molecular weight excluding hydrogens is 246 g/mol. The summed E-state index contributed by atoms with van der Waals surface area (Å²) in [5.74, 6) is -0.114. The molecule has 0 aliphatic carbocycles. The summed E-state index contributed by atoms with van der Waals surface area (Å²) in [7, 11) is 1.44. The highest BCUT2D eigenvalue weighted by molar-refractivity contribution is 6.23. The number of amides is 2. The van der Waals surface area contributed by atoms with E-state index >= 15 is 0 Å². The van der Waals surface area contributed by atoms with Crippen LogP contribution in [0.5, 0.6) is 0 Å². The Morgan fingerprint density at radius 2 is 1.79 bits per heavy atom. The maximum Gasteiger partial charge on any atom is 0.262 e. The molecule has 1 aromatic carbocycles. The normalized spacial score (nSPS) is 13.8. The first-order valence-corrected chi connectivity index (χ1v) is 5.64. The van der Waals surface area contributed by atoms with E-state index in [1.165, 1.54) is 13.1 Å². The molecule has 0 spiro atoms. The number of aldehydes is 1. The Bertz CT molecular complexity index is 714. The summed E-state index contributed by atoms with van der Waals surface area (Å²) in [6.07, 6.45) is 0.589. The van der Waals surface area contributed by atoms with Crippen molar-refractivity contribution >= 4 is 18.1 Å². The van der Waals surface area contributed by atoms with Crippen molar-refractivity contribution in [1.29, 1.82) is 0 Å². The van der Waals surface area contributed by atoms with Gasteiger partial charge in [0.25, 0.3) is 11.8 Å². The Balaban J connectivity index is 2.23. The second kappa shape index (κ2) is 3.91. The highest BCUT2D eigenvalue weighted by atomic mass is 16.3. The van der Waals surface area contributed by atoms with E-state index in [-0.39, 0.29) is 17.6 Å². The molecule has 3 rings (SSSR count). The second-order valence-corrected chi connectivity index (χ2v) is 4.22. The highest BCUT2D eigenvalue weighted by Gasteiger charge is 2.35. The number of imide groups is 1. The molecule has 0 saturated heterocycles. The molecule has 1 aromatic heterocycles. The van der Waals surface area contributed by atoms with Crippen LogP contribution in [-0.4, -0.2) is 30.0 Å². The fraction of sp³-hybridized carbons (Fsp3) is 0.0714. The van der Waals surface area contributed by atoms with Gasteiger partial charge in [-0.05, 0) is 18.2 Å². The Morgan fingerprint density at radius 1 is 1.05 bits per heavy atom. The standard InChI is InChI=1S/C14H9NO4/c1-15-13(17)10-4-2-3-9(12(10)14(15)18)11-6-5-8(7-16)19-11/h2-7H,1H3. The first-order valence-electron chi connectivity index (χ1n) is 5.64. The Morgan fingerprint density at radius 3 is 2.47 bits per heavy atom. The van der Waals surface area contributed by atoms with E-state index in [1.54, 1.807) is 24.3 Å². The zero-order chi connectivity index (χ0) is 13.6. The van der Waals surface area contributed by atoms with Crippen LogP contribution in [-0.2, 0) is 0 Å². The largest absolute Gasteiger partial charge is 0.453 e. The maximum absolute atomic E-state index is 12.1. The molecule has 2 heterocycles. The number of rotatable bonds is 2. The smallest absolute Gasteiger partial charge is 0.262 e. The van der Waals surface area contributed by atoms with Crippen LogP contribution in [0.1, 0.15) is 31.3 Å². The Labute approximate surface area is 108 Å². The highest BCUT2D eigenvalue weighted by Crippen LogP contribution is 2.32. The molecule has 0 atom stereocenters. The van der Waals surface area contributed by atoms with Gasteiger partial charge in [-0.25, -0.2) is 0 Å². The zero-order valence-electron chi connectivity index (χ0n) is 10.0. The van der Waals surface area contributed by atoms with Gasteiger partial charge in [-0.3, -0.25) is 19.3 Å². The molecule has 0 radical (unpaired) electrons. The van der Waals surface area contributed by atoms with E-state index in [1.807, 2.05) is 0 Å². The Kier molecular flexibility index (Phi) is 2.35. The van der Waals surface area contributed by atoms with Gasteiger partial charge in [0.15, 0.2) is 12.0 Å². The number of hydrogen-bond acceptors (Lipinski definition) is 4. The average Bonchev–Trinajstić information content (AvgIpc) is 2.99. The SMILES string of the molecule is CN1C(=O)c2cccc(-c3ccc(C=O)o3)c2C1=O. The predicted octanol–water partition coefficient (Wildman–Crippen LogP) is 1.98. The quantitative estimate of drug-likeness (QED) is 0.608. The monoisotopic (exact) mass is 255 g/mol. The average molecular weight is 255 g/mol. The fourth-order valence-corrected chi connectivity index (χ4v) is 2.17. The van der Waals surface area contributed by atoms with Gasteiger partial charge in [-0.1, -0.05) is 12.1 Å². The van der Waals surface area contributed by atoms with Gasteiger partial charge in [-0.2, -0.15) is 0 Å². The predicted molar refractivity (Wildman–Crippen MR) is 66.0 cm³/mol. The summed E-state index contributed by atoms with van der Waals surface area (Å²) >= 11 is 0. The second-order valence-electron chi connectivity index (χ2n) is 4.22. The molecule has 5 heteroatoms. The van der Waals surface area contributed by atoms with Crippen LogP contribution in [0.15, 0.2) is 34.7 Å². The molecule has 0 saturated carbocycles. The molecule has 5 nitrogen and oxygen atoms in total. The van der Waals surface area contributed by atoms with E-state index < -0.39 is 0 Å². The summed E-state index contributed by atoms with van der Waals surface area (Å²) in [6, 6.07) is 8.10. The summed E-state index contributed by atoms with van der Waals surface area (Å²) in [5.41, 5.74) is 1.20. The minimum atomic E-state index is -0.361. The molecular formula is C14H9NO4. The van der Waals surface area contributed by atoms with Crippen molar-refractivity contribution in [3.63, 3.8) is 0 Å². The molecule has 1 aliphatic rings. The van der Waals surface area contributed by atoms with E-state index in [0.29, 0.717) is 28.7 Å². The number of benzene rings is 1. The molecule has 19 heavy (non-hydrogen) atoms. The molecule has 1 aliphatic heterocycles. The summed E-state index contributed by atoms with van der Waals surface area (Å²) < 4.78 is 5.31. The first kappa shape index (κ1) is 11.4. The van der Waals surface area contributed by atoms with Crippen LogP contribution in [0, 0.1) is 0 Å². The summed E-state index contributed by atoms with van der Waals surface area (Å²) in [6.45, 7) is 0. The van der Waals surface area contributed by atoms with Crippen molar-refractivity contribution in [2.24, 2.45) is 0 Å². The number of carbonyl (C=O) groups is 3. The van der Waals surface area contributed by atoms with E-state index in [2.05, 4.69) is 0 Å². The van der Waals surface area contributed by atoms with Gasteiger partial charge < -0.3 is 4.42 Å². The summed E-state index contributed by atoms with van der Waals surface area (Å²) in [5, 5.41) is 0. The lowest BCUT2D eigenvalue weighted by Crippen LogP contribution is -2.24. The number of carbonyl (C=O) groups excluding carboxylic acids is 3. The van der Waals surface area contributed by atoms with Crippen LogP contribution < -0.4 is 0 Å². The lowest BCUT2D eigenvalue weighted by Gasteiger charge is -2.04. The zero-order valence-corrected chi connectivity index (χ0v) is 10.0. The fourth-order valence-electron chi connectivity index (χ4n) is 2.17. The van der Waals surface area contributed by atoms with Crippen molar-refractivity contribution < 1.29 is 18.8 Å². The lowest BCUT2D eigenvalue weighted by atomic mass is 10.0. The molecule has 0 N–H and O–H groups in total. The van der Waals surface area contributed by atoms with Gasteiger partial charge in [0.1, 0.15) is 5.76 Å². The number of hydrogen-bond donors (Lipinski definition) is 0. The van der Waals surface area contributed by atoms with Crippen molar-refractivity contribution in [2.75, 3.05) is 7.05 Å². The van der Waals surface area contributed by atoms with E-state index in [0.717, 1.165) is 4.90 Å². The van der Waals surface area contributed by atoms with Crippen LogP contribution in [0.2, 0.25) is 0 Å². The number of fused-ring (bicyclic) bond motifs is 1. The van der Waals surface area contributed by atoms with Crippen molar-refractivity contribution in [3.8, 4) is 11.3 Å². The van der Waals surface area contributed by atoms with Gasteiger partial charge in [0.2, 0.25) is 0 Å². The third kappa shape index (κ3) is 1.52. The van der Waals surface area contributed by atoms with Gasteiger partial charge in [0, 0.05) is 12.6 Å². The van der Waals surface area contributed by atoms with Gasteiger partial charge in [0.05, 0.1) is 11.1 Å². The Hall–Kier alpha value is -2.69.